The molecule has 1 aliphatic rings. The molecule has 0 saturated carbocycles. The molecule has 1 aromatic rings. The predicted octanol–water partition coefficient (Wildman–Crippen LogP) is 3.52. The molecule has 0 bridgehead atoms. The van der Waals surface area contributed by atoms with Crippen LogP contribution in [-0.4, -0.2) is 4.98 Å². The molecular formula is C13H17N. The Morgan fingerprint density at radius 1 is 1.07 bits per heavy atom. The first-order valence-electron chi connectivity index (χ1n) is 5.11. The standard InChI is InChI=1S/C13H17N/c1-13(2,3)12-9-14-8-11(12)10-6-4-5-7-10/h4-10,14H,1-3H3. The molecule has 0 atom stereocenters. The molecule has 0 fully saturated rings. The van der Waals surface area contributed by atoms with Crippen LogP contribution in [0.5, 0.6) is 0 Å². The van der Waals surface area contributed by atoms with Crippen molar-refractivity contribution in [3.05, 3.63) is 47.8 Å². The third-order valence-electron chi connectivity index (χ3n) is 2.69. The Balaban J connectivity index is 2.39. The quantitative estimate of drug-likeness (QED) is 0.692. The summed E-state index contributed by atoms with van der Waals surface area (Å²) in [7, 11) is 0. The maximum absolute atomic E-state index is 3.21. The number of hydrogen-bond acceptors (Lipinski definition) is 0. The number of nitrogens with one attached hydrogen (secondary N) is 1. The number of H-pyrrole nitrogens is 1. The van der Waals surface area contributed by atoms with Crippen molar-refractivity contribution in [3.8, 4) is 0 Å². The van der Waals surface area contributed by atoms with Gasteiger partial charge in [0.15, 0.2) is 0 Å². The summed E-state index contributed by atoms with van der Waals surface area (Å²) in [5.41, 5.74) is 3.04. The zero-order valence-electron chi connectivity index (χ0n) is 9.04. The number of aromatic nitrogens is 1. The molecular weight excluding hydrogens is 170 g/mol. The van der Waals surface area contributed by atoms with Crippen LogP contribution in [0.3, 0.4) is 0 Å². The van der Waals surface area contributed by atoms with Crippen LogP contribution in [0, 0.1) is 0 Å². The maximum Gasteiger partial charge on any atom is 0.0222 e. The lowest BCUT2D eigenvalue weighted by Crippen LogP contribution is -2.13. The van der Waals surface area contributed by atoms with Crippen LogP contribution >= 0.6 is 0 Å². The Hall–Kier alpha value is -1.24. The summed E-state index contributed by atoms with van der Waals surface area (Å²) in [5, 5.41) is 0. The van der Waals surface area contributed by atoms with Gasteiger partial charge in [-0.25, -0.2) is 0 Å². The van der Waals surface area contributed by atoms with E-state index in [0.717, 1.165) is 0 Å². The van der Waals surface area contributed by atoms with Gasteiger partial charge in [0.25, 0.3) is 0 Å². The molecule has 0 amide bonds. The van der Waals surface area contributed by atoms with Crippen molar-refractivity contribution < 1.29 is 0 Å². The van der Waals surface area contributed by atoms with E-state index in [9.17, 15) is 0 Å². The molecule has 1 aliphatic carbocycles. The molecule has 0 unspecified atom stereocenters. The van der Waals surface area contributed by atoms with E-state index in [-0.39, 0.29) is 5.41 Å². The second kappa shape index (κ2) is 3.16. The van der Waals surface area contributed by atoms with Crippen LogP contribution in [0.4, 0.5) is 0 Å². The van der Waals surface area contributed by atoms with E-state index < -0.39 is 0 Å². The lowest BCUT2D eigenvalue weighted by molar-refractivity contribution is 0.584. The fourth-order valence-electron chi connectivity index (χ4n) is 1.94. The largest absolute Gasteiger partial charge is 0.367 e. The first-order valence-corrected chi connectivity index (χ1v) is 5.11. The molecule has 14 heavy (non-hydrogen) atoms. The molecule has 0 radical (unpaired) electrons. The highest BCUT2D eigenvalue weighted by molar-refractivity contribution is 5.41. The minimum absolute atomic E-state index is 0.222. The normalized spacial score (nSPS) is 16.8. The second-order valence-electron chi connectivity index (χ2n) is 4.87. The highest BCUT2D eigenvalue weighted by atomic mass is 14.7. The van der Waals surface area contributed by atoms with E-state index in [2.05, 4.69) is 62.5 Å². The molecule has 2 rings (SSSR count). The van der Waals surface area contributed by atoms with Gasteiger partial charge in [-0.1, -0.05) is 45.1 Å². The lowest BCUT2D eigenvalue weighted by atomic mass is 9.83. The zero-order valence-corrected chi connectivity index (χ0v) is 9.04. The predicted molar refractivity (Wildman–Crippen MR) is 60.5 cm³/mol. The molecule has 1 heterocycles. The molecule has 1 heteroatoms. The van der Waals surface area contributed by atoms with Crippen molar-refractivity contribution >= 4 is 0 Å². The van der Waals surface area contributed by atoms with Gasteiger partial charge in [0.05, 0.1) is 0 Å². The van der Waals surface area contributed by atoms with Gasteiger partial charge in [-0.05, 0) is 16.5 Å². The van der Waals surface area contributed by atoms with Gasteiger partial charge in [0, 0.05) is 18.3 Å². The van der Waals surface area contributed by atoms with E-state index in [0.29, 0.717) is 5.92 Å². The van der Waals surface area contributed by atoms with Gasteiger partial charge in [-0.3, -0.25) is 0 Å². The van der Waals surface area contributed by atoms with E-state index in [4.69, 9.17) is 0 Å². The summed E-state index contributed by atoms with van der Waals surface area (Å²) in [6.45, 7) is 6.76. The molecule has 0 aromatic carbocycles. The van der Waals surface area contributed by atoms with Crippen LogP contribution in [-0.2, 0) is 5.41 Å². The van der Waals surface area contributed by atoms with Gasteiger partial charge < -0.3 is 4.98 Å². The van der Waals surface area contributed by atoms with E-state index in [1.54, 1.807) is 0 Å². The van der Waals surface area contributed by atoms with Crippen molar-refractivity contribution in [2.45, 2.75) is 32.1 Å². The van der Waals surface area contributed by atoms with Crippen molar-refractivity contribution in [1.29, 1.82) is 0 Å². The first-order chi connectivity index (χ1) is 6.59. The van der Waals surface area contributed by atoms with Gasteiger partial charge in [0.1, 0.15) is 0 Å². The summed E-state index contributed by atoms with van der Waals surface area (Å²) in [5.74, 6) is 0.468. The SMILES string of the molecule is CC(C)(C)c1c[nH]cc1C1C=CC=C1. The molecule has 74 valence electrons. The van der Waals surface area contributed by atoms with Gasteiger partial charge in [0.2, 0.25) is 0 Å². The molecule has 0 aliphatic heterocycles. The molecule has 1 aromatic heterocycles. The third kappa shape index (κ3) is 1.54. The van der Waals surface area contributed by atoms with Gasteiger partial charge in [-0.15, -0.1) is 0 Å². The van der Waals surface area contributed by atoms with Crippen LogP contribution in [0.25, 0.3) is 0 Å². The Morgan fingerprint density at radius 2 is 1.71 bits per heavy atom. The number of allylic oxidation sites excluding steroid dienone is 4. The molecule has 1 nitrogen and oxygen atoms in total. The highest BCUT2D eigenvalue weighted by Crippen LogP contribution is 2.33. The van der Waals surface area contributed by atoms with E-state index in [1.165, 1.54) is 11.1 Å². The summed E-state index contributed by atoms with van der Waals surface area (Å²) >= 11 is 0. The fraction of sp³-hybridized carbons (Fsp3) is 0.385. The van der Waals surface area contributed by atoms with Gasteiger partial charge in [-0.2, -0.15) is 0 Å². The maximum atomic E-state index is 3.21. The number of aromatic amines is 1. The highest BCUT2D eigenvalue weighted by Gasteiger charge is 2.21. The molecule has 0 spiro atoms. The average molecular weight is 187 g/mol. The number of rotatable bonds is 1. The van der Waals surface area contributed by atoms with Crippen molar-refractivity contribution in [2.24, 2.45) is 0 Å². The first kappa shape index (κ1) is 9.32. The van der Waals surface area contributed by atoms with Crippen molar-refractivity contribution in [3.63, 3.8) is 0 Å². The Bertz CT molecular complexity index is 362. The minimum Gasteiger partial charge on any atom is -0.367 e. The molecule has 0 saturated heterocycles. The Morgan fingerprint density at radius 3 is 2.29 bits per heavy atom. The topological polar surface area (TPSA) is 15.8 Å². The van der Waals surface area contributed by atoms with Crippen molar-refractivity contribution in [1.82, 2.24) is 4.98 Å². The summed E-state index contributed by atoms with van der Waals surface area (Å²) in [6, 6.07) is 0. The van der Waals surface area contributed by atoms with E-state index >= 15 is 0 Å². The van der Waals surface area contributed by atoms with Crippen molar-refractivity contribution in [2.75, 3.05) is 0 Å². The third-order valence-corrected chi connectivity index (χ3v) is 2.69. The smallest absolute Gasteiger partial charge is 0.0222 e. The lowest BCUT2D eigenvalue weighted by Gasteiger charge is -2.20. The monoisotopic (exact) mass is 187 g/mol. The number of hydrogen-bond donors (Lipinski definition) is 1. The molecule has 1 N–H and O–H groups in total. The minimum atomic E-state index is 0.222. The van der Waals surface area contributed by atoms with Crippen LogP contribution in [0.1, 0.15) is 37.8 Å². The Labute approximate surface area is 85.5 Å². The summed E-state index contributed by atoms with van der Waals surface area (Å²) in [6.07, 6.45) is 12.9. The summed E-state index contributed by atoms with van der Waals surface area (Å²) in [4.78, 5) is 3.21. The van der Waals surface area contributed by atoms with Crippen LogP contribution < -0.4 is 0 Å². The Kier molecular flexibility index (Phi) is 2.10. The fourth-order valence-corrected chi connectivity index (χ4v) is 1.94. The summed E-state index contributed by atoms with van der Waals surface area (Å²) < 4.78 is 0. The average Bonchev–Trinajstić information content (AvgIpc) is 2.73. The van der Waals surface area contributed by atoms with Crippen LogP contribution in [0.2, 0.25) is 0 Å². The van der Waals surface area contributed by atoms with Crippen LogP contribution in [0.15, 0.2) is 36.7 Å². The van der Waals surface area contributed by atoms with E-state index in [1.807, 2.05) is 0 Å². The van der Waals surface area contributed by atoms with Gasteiger partial charge >= 0.3 is 0 Å². The zero-order chi connectivity index (χ0) is 10.2. The second-order valence-corrected chi connectivity index (χ2v) is 4.87.